The van der Waals surface area contributed by atoms with E-state index < -0.39 is 0 Å². The van der Waals surface area contributed by atoms with Crippen molar-refractivity contribution in [3.63, 3.8) is 0 Å². The van der Waals surface area contributed by atoms with Crippen molar-refractivity contribution in [1.29, 1.82) is 0 Å². The highest BCUT2D eigenvalue weighted by molar-refractivity contribution is 5.77. The van der Waals surface area contributed by atoms with E-state index in [1.165, 1.54) is 12.8 Å². The molecule has 104 valence electrons. The van der Waals surface area contributed by atoms with Crippen LogP contribution in [-0.2, 0) is 4.79 Å². The highest BCUT2D eigenvalue weighted by Crippen LogP contribution is 2.36. The summed E-state index contributed by atoms with van der Waals surface area (Å²) in [5, 5.41) is 3.92. The molecule has 0 radical (unpaired) electrons. The first-order chi connectivity index (χ1) is 9.15. The molecule has 1 aliphatic carbocycles. The van der Waals surface area contributed by atoms with Crippen molar-refractivity contribution < 1.29 is 9.32 Å². The van der Waals surface area contributed by atoms with Crippen LogP contribution >= 0.6 is 0 Å². The standard InChI is InChI=1S/C14H21N3O2/c1-9-7-13(19-16-9)12-3-2-6-17(12)14(18)8-11(15)10-4-5-10/h7,10-12H,2-6,8,15H2,1H3. The summed E-state index contributed by atoms with van der Waals surface area (Å²) >= 11 is 0. The summed E-state index contributed by atoms with van der Waals surface area (Å²) in [4.78, 5) is 14.3. The van der Waals surface area contributed by atoms with Gasteiger partial charge in [-0.3, -0.25) is 4.79 Å². The first-order valence-corrected chi connectivity index (χ1v) is 7.13. The summed E-state index contributed by atoms with van der Waals surface area (Å²) in [5.74, 6) is 1.54. The van der Waals surface area contributed by atoms with Crippen molar-refractivity contribution in [2.24, 2.45) is 11.7 Å². The Kier molecular flexibility index (Phi) is 3.31. The molecular formula is C14H21N3O2. The Morgan fingerprint density at radius 2 is 2.37 bits per heavy atom. The average molecular weight is 263 g/mol. The molecule has 0 spiro atoms. The second-order valence-electron chi connectivity index (χ2n) is 5.82. The van der Waals surface area contributed by atoms with Gasteiger partial charge < -0.3 is 15.2 Å². The van der Waals surface area contributed by atoms with Gasteiger partial charge in [0.2, 0.25) is 5.91 Å². The molecule has 1 saturated heterocycles. The van der Waals surface area contributed by atoms with E-state index in [9.17, 15) is 4.79 Å². The van der Waals surface area contributed by atoms with Gasteiger partial charge in [0.25, 0.3) is 0 Å². The van der Waals surface area contributed by atoms with Gasteiger partial charge in [0, 0.05) is 25.1 Å². The Bertz CT molecular complexity index is 467. The molecule has 2 atom stereocenters. The molecule has 2 heterocycles. The number of aryl methyl sites for hydroxylation is 1. The van der Waals surface area contributed by atoms with Gasteiger partial charge in [-0.15, -0.1) is 0 Å². The van der Waals surface area contributed by atoms with E-state index in [1.807, 2.05) is 17.9 Å². The first kappa shape index (κ1) is 12.7. The SMILES string of the molecule is Cc1cc(C2CCCN2C(=O)CC(N)C2CC2)on1. The fraction of sp³-hybridized carbons (Fsp3) is 0.714. The first-order valence-electron chi connectivity index (χ1n) is 7.13. The molecule has 19 heavy (non-hydrogen) atoms. The zero-order valence-corrected chi connectivity index (χ0v) is 11.3. The minimum atomic E-state index is 0.0326. The molecule has 2 N–H and O–H groups in total. The summed E-state index contributed by atoms with van der Waals surface area (Å²) in [7, 11) is 0. The van der Waals surface area contributed by atoms with Gasteiger partial charge in [-0.1, -0.05) is 5.16 Å². The number of hydrogen-bond acceptors (Lipinski definition) is 4. The van der Waals surface area contributed by atoms with Gasteiger partial charge in [0.05, 0.1) is 11.7 Å². The van der Waals surface area contributed by atoms with Crippen LogP contribution in [0.4, 0.5) is 0 Å². The van der Waals surface area contributed by atoms with Crippen LogP contribution in [0.5, 0.6) is 0 Å². The van der Waals surface area contributed by atoms with E-state index in [1.54, 1.807) is 0 Å². The number of nitrogens with two attached hydrogens (primary N) is 1. The van der Waals surface area contributed by atoms with Gasteiger partial charge in [0.1, 0.15) is 0 Å². The van der Waals surface area contributed by atoms with E-state index in [4.69, 9.17) is 10.3 Å². The third-order valence-electron chi connectivity index (χ3n) is 4.19. The lowest BCUT2D eigenvalue weighted by Gasteiger charge is -2.24. The maximum atomic E-state index is 12.4. The molecule has 1 amide bonds. The normalized spacial score (nSPS) is 24.7. The predicted molar refractivity (Wildman–Crippen MR) is 70.2 cm³/mol. The number of amides is 1. The molecule has 3 rings (SSSR count). The van der Waals surface area contributed by atoms with E-state index >= 15 is 0 Å². The van der Waals surface area contributed by atoms with E-state index in [0.717, 1.165) is 30.8 Å². The van der Waals surface area contributed by atoms with Gasteiger partial charge in [-0.05, 0) is 38.5 Å². The van der Waals surface area contributed by atoms with Crippen molar-refractivity contribution in [1.82, 2.24) is 10.1 Å². The summed E-state index contributed by atoms with van der Waals surface area (Å²) in [6, 6.07) is 2.02. The van der Waals surface area contributed by atoms with Crippen molar-refractivity contribution in [2.75, 3.05) is 6.54 Å². The van der Waals surface area contributed by atoms with E-state index in [2.05, 4.69) is 5.16 Å². The molecule has 1 aromatic heterocycles. The van der Waals surface area contributed by atoms with E-state index in [0.29, 0.717) is 12.3 Å². The Balaban J connectivity index is 1.66. The molecular weight excluding hydrogens is 242 g/mol. The van der Waals surface area contributed by atoms with Crippen LogP contribution in [0.2, 0.25) is 0 Å². The van der Waals surface area contributed by atoms with Crippen LogP contribution in [-0.4, -0.2) is 28.6 Å². The molecule has 5 heteroatoms. The second kappa shape index (κ2) is 4.96. The van der Waals surface area contributed by atoms with Crippen LogP contribution in [0.15, 0.2) is 10.6 Å². The van der Waals surface area contributed by atoms with Crippen LogP contribution < -0.4 is 5.73 Å². The third-order valence-corrected chi connectivity index (χ3v) is 4.19. The molecule has 0 bridgehead atoms. The molecule has 1 aliphatic heterocycles. The zero-order chi connectivity index (χ0) is 13.4. The van der Waals surface area contributed by atoms with Crippen molar-refractivity contribution >= 4 is 5.91 Å². The minimum Gasteiger partial charge on any atom is -0.359 e. The van der Waals surface area contributed by atoms with Gasteiger partial charge in [-0.2, -0.15) is 0 Å². The molecule has 1 saturated carbocycles. The van der Waals surface area contributed by atoms with Crippen molar-refractivity contribution in [3.05, 3.63) is 17.5 Å². The summed E-state index contributed by atoms with van der Waals surface area (Å²) in [6.07, 6.45) is 4.81. The van der Waals surface area contributed by atoms with Crippen molar-refractivity contribution in [3.8, 4) is 0 Å². The number of rotatable bonds is 4. The molecule has 5 nitrogen and oxygen atoms in total. The van der Waals surface area contributed by atoms with Crippen LogP contribution in [0.1, 0.15) is 49.6 Å². The number of aromatic nitrogens is 1. The Morgan fingerprint density at radius 1 is 1.58 bits per heavy atom. The lowest BCUT2D eigenvalue weighted by molar-refractivity contribution is -0.133. The van der Waals surface area contributed by atoms with E-state index in [-0.39, 0.29) is 18.0 Å². The number of carbonyl (C=O) groups is 1. The summed E-state index contributed by atoms with van der Waals surface area (Å²) < 4.78 is 5.32. The lowest BCUT2D eigenvalue weighted by atomic mass is 10.1. The average Bonchev–Trinajstić information content (AvgIpc) is 2.96. The van der Waals surface area contributed by atoms with Crippen LogP contribution in [0.25, 0.3) is 0 Å². The molecule has 2 aliphatic rings. The van der Waals surface area contributed by atoms with Crippen LogP contribution in [0, 0.1) is 12.8 Å². The Morgan fingerprint density at radius 3 is 3.00 bits per heavy atom. The largest absolute Gasteiger partial charge is 0.359 e. The lowest BCUT2D eigenvalue weighted by Crippen LogP contribution is -2.36. The molecule has 0 aromatic carbocycles. The predicted octanol–water partition coefficient (Wildman–Crippen LogP) is 1.77. The molecule has 2 unspecified atom stereocenters. The molecule has 2 fully saturated rings. The van der Waals surface area contributed by atoms with Crippen LogP contribution in [0.3, 0.4) is 0 Å². The Hall–Kier alpha value is -1.36. The topological polar surface area (TPSA) is 72.4 Å². The highest BCUT2D eigenvalue weighted by atomic mass is 16.5. The highest BCUT2D eigenvalue weighted by Gasteiger charge is 2.36. The van der Waals surface area contributed by atoms with Gasteiger partial charge in [-0.25, -0.2) is 0 Å². The summed E-state index contributed by atoms with van der Waals surface area (Å²) in [5.41, 5.74) is 6.92. The van der Waals surface area contributed by atoms with Crippen molar-refractivity contribution in [2.45, 2.75) is 51.1 Å². The minimum absolute atomic E-state index is 0.0326. The second-order valence-corrected chi connectivity index (χ2v) is 5.82. The Labute approximate surface area is 113 Å². The number of carbonyl (C=O) groups excluding carboxylic acids is 1. The zero-order valence-electron chi connectivity index (χ0n) is 11.3. The fourth-order valence-corrected chi connectivity index (χ4v) is 2.91. The maximum absolute atomic E-state index is 12.4. The monoisotopic (exact) mass is 263 g/mol. The smallest absolute Gasteiger partial charge is 0.224 e. The maximum Gasteiger partial charge on any atom is 0.224 e. The third kappa shape index (κ3) is 2.66. The number of likely N-dealkylation sites (tertiary alicyclic amines) is 1. The van der Waals surface area contributed by atoms with Gasteiger partial charge in [0.15, 0.2) is 5.76 Å². The fourth-order valence-electron chi connectivity index (χ4n) is 2.91. The molecule has 1 aromatic rings. The number of nitrogens with zero attached hydrogens (tertiary/aromatic N) is 2. The number of hydrogen-bond donors (Lipinski definition) is 1. The summed E-state index contributed by atoms with van der Waals surface area (Å²) in [6.45, 7) is 2.71. The quantitative estimate of drug-likeness (QED) is 0.898. The van der Waals surface area contributed by atoms with Gasteiger partial charge >= 0.3 is 0 Å².